The Balaban J connectivity index is 1.09. The van der Waals surface area contributed by atoms with Crippen LogP contribution in [0.4, 0.5) is 18.9 Å². The molecule has 0 aliphatic carbocycles. The van der Waals surface area contributed by atoms with Gasteiger partial charge in [0.25, 0.3) is 5.91 Å². The van der Waals surface area contributed by atoms with Crippen molar-refractivity contribution in [2.75, 3.05) is 36.8 Å². The molecule has 15 heteroatoms. The summed E-state index contributed by atoms with van der Waals surface area (Å²) in [7, 11) is -4.86. The quantitative estimate of drug-likeness (QED) is 0.166. The SMILES string of the molecule is Cc1ncnc(C)c1C(=O)N1CCC(C)(N2CCC(N(Cc3ccccc3)c3ccc(CNC(=O)[C@H](NS(=O)(=O)CC(F)(F)F)c4ccccc4)cc3)CC2)CC1. The molecule has 2 N–H and O–H groups in total. The lowest BCUT2D eigenvalue weighted by Gasteiger charge is -2.50. The van der Waals surface area contributed by atoms with E-state index in [1.165, 1.54) is 24.0 Å². The van der Waals surface area contributed by atoms with Crippen molar-refractivity contribution >= 4 is 27.5 Å². The number of alkyl halides is 3. The summed E-state index contributed by atoms with van der Waals surface area (Å²) in [6.07, 6.45) is 0.197. The normalized spacial score (nSPS) is 17.2. The molecule has 0 saturated carbocycles. The van der Waals surface area contributed by atoms with Gasteiger partial charge in [-0.2, -0.15) is 17.9 Å². The number of likely N-dealkylation sites (tertiary alicyclic amines) is 2. The summed E-state index contributed by atoms with van der Waals surface area (Å²) in [6, 6.07) is 24.6. The molecular formula is C42H50F3N7O4S. The molecule has 2 aliphatic heterocycles. The smallest absolute Gasteiger partial charge is 0.364 e. The van der Waals surface area contributed by atoms with Crippen molar-refractivity contribution in [2.45, 2.75) is 83.3 Å². The van der Waals surface area contributed by atoms with Gasteiger partial charge in [-0.3, -0.25) is 14.5 Å². The molecule has 2 aliphatic rings. The average Bonchev–Trinajstić information content (AvgIpc) is 3.18. The fourth-order valence-corrected chi connectivity index (χ4v) is 9.07. The van der Waals surface area contributed by atoms with Crippen molar-refractivity contribution in [2.24, 2.45) is 0 Å². The van der Waals surface area contributed by atoms with Crippen molar-refractivity contribution in [3.8, 4) is 0 Å². The Morgan fingerprint density at radius 3 is 2.02 bits per heavy atom. The number of hydrogen-bond acceptors (Lipinski definition) is 8. The molecule has 0 radical (unpaired) electrons. The highest BCUT2D eigenvalue weighted by molar-refractivity contribution is 7.89. The third kappa shape index (κ3) is 10.8. The molecule has 3 aromatic carbocycles. The van der Waals surface area contributed by atoms with Crippen LogP contribution < -0.4 is 14.9 Å². The van der Waals surface area contributed by atoms with Crippen LogP contribution in [-0.4, -0.2) is 89.7 Å². The number of halogens is 3. The van der Waals surface area contributed by atoms with E-state index in [1.807, 2.05) is 65.9 Å². The molecule has 6 rings (SSSR count). The van der Waals surface area contributed by atoms with Gasteiger partial charge >= 0.3 is 6.18 Å². The first kappa shape index (κ1) is 41.8. The molecule has 2 fully saturated rings. The molecule has 0 unspecified atom stereocenters. The van der Waals surface area contributed by atoms with Crippen molar-refractivity contribution in [1.82, 2.24) is 29.8 Å². The van der Waals surface area contributed by atoms with Crippen LogP contribution in [0.25, 0.3) is 0 Å². The first-order valence-electron chi connectivity index (χ1n) is 19.2. The minimum atomic E-state index is -4.96. The standard InChI is InChI=1S/C42H50F3N7O4S/c1-30-37(31(2)48-29-47-30)40(54)50-24-20-41(3,21-25-50)51-22-18-36(19-23-51)52(27-33-10-6-4-7-11-33)35-16-14-32(15-17-35)26-46-39(53)38(34-12-8-5-9-13-34)49-57(55,56)28-42(43,44)45/h4-17,29,36,38,49H,18-28H2,1-3H3,(H,46,53)/t38-/m1/s1. The molecule has 3 heterocycles. The Hall–Kier alpha value is -4.86. The Bertz CT molecular complexity index is 2070. The van der Waals surface area contributed by atoms with E-state index in [0.29, 0.717) is 36.6 Å². The number of carbonyl (C=O) groups excluding carboxylic acids is 2. The Morgan fingerprint density at radius 2 is 1.44 bits per heavy atom. The molecule has 1 atom stereocenters. The number of amides is 2. The van der Waals surface area contributed by atoms with Gasteiger partial charge in [0, 0.05) is 56.5 Å². The monoisotopic (exact) mass is 805 g/mol. The van der Waals surface area contributed by atoms with E-state index in [0.717, 1.165) is 50.0 Å². The highest BCUT2D eigenvalue weighted by Gasteiger charge is 2.40. The highest BCUT2D eigenvalue weighted by Crippen LogP contribution is 2.34. The van der Waals surface area contributed by atoms with Gasteiger partial charge < -0.3 is 15.1 Å². The maximum absolute atomic E-state index is 13.4. The Labute approximate surface area is 332 Å². The molecule has 11 nitrogen and oxygen atoms in total. The van der Waals surface area contributed by atoms with Crippen LogP contribution in [0.3, 0.4) is 0 Å². The second kappa shape index (κ2) is 17.7. The number of carbonyl (C=O) groups is 2. The zero-order valence-electron chi connectivity index (χ0n) is 32.5. The van der Waals surface area contributed by atoms with E-state index in [9.17, 15) is 31.2 Å². The summed E-state index contributed by atoms with van der Waals surface area (Å²) in [5, 5.41) is 2.70. The molecule has 2 amide bonds. The number of hydrogen-bond donors (Lipinski definition) is 2. The van der Waals surface area contributed by atoms with Crippen LogP contribution >= 0.6 is 0 Å². The molecule has 4 aromatic rings. The summed E-state index contributed by atoms with van der Waals surface area (Å²) in [5.41, 5.74) is 5.14. The summed E-state index contributed by atoms with van der Waals surface area (Å²) in [6.45, 7) is 9.96. The maximum Gasteiger partial charge on any atom is 0.404 e. The van der Waals surface area contributed by atoms with Crippen LogP contribution in [0.1, 0.15) is 77.1 Å². The van der Waals surface area contributed by atoms with Crippen LogP contribution in [0.2, 0.25) is 0 Å². The lowest BCUT2D eigenvalue weighted by Crippen LogP contribution is -2.58. The zero-order chi connectivity index (χ0) is 40.8. The van der Waals surface area contributed by atoms with E-state index in [2.05, 4.69) is 44.1 Å². The summed E-state index contributed by atoms with van der Waals surface area (Å²) in [5.74, 6) is -2.86. The number of nitrogens with one attached hydrogen (secondary N) is 2. The zero-order valence-corrected chi connectivity index (χ0v) is 33.3. The predicted molar refractivity (Wildman–Crippen MR) is 213 cm³/mol. The lowest BCUT2D eigenvalue weighted by molar-refractivity contribution is -0.123. The molecule has 1 aromatic heterocycles. The molecule has 0 bridgehead atoms. The van der Waals surface area contributed by atoms with Crippen molar-refractivity contribution in [3.63, 3.8) is 0 Å². The molecule has 0 spiro atoms. The topological polar surface area (TPSA) is 128 Å². The number of nitrogens with zero attached hydrogens (tertiary/aromatic N) is 5. The second-order valence-electron chi connectivity index (χ2n) is 15.3. The van der Waals surface area contributed by atoms with Crippen molar-refractivity contribution < 1.29 is 31.2 Å². The van der Waals surface area contributed by atoms with Crippen LogP contribution in [-0.2, 0) is 27.9 Å². The minimum Gasteiger partial charge on any atom is -0.364 e. The van der Waals surface area contributed by atoms with E-state index in [-0.39, 0.29) is 29.6 Å². The largest absolute Gasteiger partial charge is 0.404 e. The lowest BCUT2D eigenvalue weighted by atomic mass is 9.85. The van der Waals surface area contributed by atoms with Crippen LogP contribution in [0.15, 0.2) is 91.3 Å². The number of aromatic nitrogens is 2. The highest BCUT2D eigenvalue weighted by atomic mass is 32.2. The van der Waals surface area contributed by atoms with Gasteiger partial charge in [0.1, 0.15) is 12.4 Å². The Kier molecular flexibility index (Phi) is 13.0. The summed E-state index contributed by atoms with van der Waals surface area (Å²) < 4.78 is 65.6. The van der Waals surface area contributed by atoms with Crippen molar-refractivity contribution in [1.29, 1.82) is 0 Å². The van der Waals surface area contributed by atoms with Gasteiger partial charge in [-0.1, -0.05) is 72.8 Å². The van der Waals surface area contributed by atoms with Crippen molar-refractivity contribution in [3.05, 3.63) is 125 Å². The molecule has 304 valence electrons. The number of rotatable bonds is 13. The molecular weight excluding hydrogens is 756 g/mol. The first-order valence-corrected chi connectivity index (χ1v) is 20.9. The van der Waals surface area contributed by atoms with E-state index < -0.39 is 33.9 Å². The maximum atomic E-state index is 13.4. The minimum absolute atomic E-state index is 0.00000767. The molecule has 2 saturated heterocycles. The van der Waals surface area contributed by atoms with Gasteiger partial charge in [0.15, 0.2) is 5.75 Å². The predicted octanol–water partition coefficient (Wildman–Crippen LogP) is 6.10. The summed E-state index contributed by atoms with van der Waals surface area (Å²) in [4.78, 5) is 42.2. The van der Waals surface area contributed by atoms with Gasteiger partial charge in [0.2, 0.25) is 15.9 Å². The fourth-order valence-electron chi connectivity index (χ4n) is 7.95. The third-order valence-corrected chi connectivity index (χ3v) is 12.5. The summed E-state index contributed by atoms with van der Waals surface area (Å²) >= 11 is 0. The first-order chi connectivity index (χ1) is 27.1. The third-order valence-electron chi connectivity index (χ3n) is 11.2. The Morgan fingerprint density at radius 1 is 0.860 bits per heavy atom. The number of piperidine rings is 2. The van der Waals surface area contributed by atoms with E-state index in [1.54, 1.807) is 18.2 Å². The number of sulfonamides is 1. The van der Waals surface area contributed by atoms with Gasteiger partial charge in [-0.05, 0) is 75.3 Å². The van der Waals surface area contributed by atoms with Crippen LogP contribution in [0.5, 0.6) is 0 Å². The van der Waals surface area contributed by atoms with Crippen LogP contribution in [0, 0.1) is 13.8 Å². The van der Waals surface area contributed by atoms with Gasteiger partial charge in [-0.25, -0.2) is 18.4 Å². The number of aryl methyl sites for hydroxylation is 2. The average molecular weight is 806 g/mol. The second-order valence-corrected chi connectivity index (χ2v) is 17.0. The van der Waals surface area contributed by atoms with E-state index in [4.69, 9.17) is 0 Å². The van der Waals surface area contributed by atoms with Gasteiger partial charge in [-0.15, -0.1) is 0 Å². The fraction of sp³-hybridized carbons (Fsp3) is 0.429. The number of benzene rings is 3. The molecule has 57 heavy (non-hydrogen) atoms. The van der Waals surface area contributed by atoms with Gasteiger partial charge in [0.05, 0.1) is 17.0 Å². The van der Waals surface area contributed by atoms with E-state index >= 15 is 0 Å². The number of anilines is 1.